The number of aromatic amines is 1. The molecule has 3 rings (SSSR count). The summed E-state index contributed by atoms with van der Waals surface area (Å²) in [7, 11) is 1.63. The number of nitrogens with one attached hydrogen (secondary N) is 2. The maximum absolute atomic E-state index is 12.5. The number of hydrogen-bond donors (Lipinski definition) is 2. The van der Waals surface area contributed by atoms with Crippen LogP contribution in [0.25, 0.3) is 11.0 Å². The van der Waals surface area contributed by atoms with Crippen LogP contribution in [0.2, 0.25) is 0 Å². The zero-order valence-electron chi connectivity index (χ0n) is 12.5. The summed E-state index contributed by atoms with van der Waals surface area (Å²) in [6.45, 7) is 3.00. The summed E-state index contributed by atoms with van der Waals surface area (Å²) >= 11 is 0. The number of carbonyl (C=O) groups excluding carboxylic acids is 2. The molecule has 0 unspecified atom stereocenters. The Balaban J connectivity index is 1.63. The van der Waals surface area contributed by atoms with Crippen LogP contribution in [0, 0.1) is 0 Å². The summed E-state index contributed by atoms with van der Waals surface area (Å²) in [5, 5.41) is 3.60. The molecule has 1 aliphatic rings. The monoisotopic (exact) mass is 301 g/mol. The van der Waals surface area contributed by atoms with Crippen molar-refractivity contribution in [3.05, 3.63) is 30.1 Å². The first-order valence-corrected chi connectivity index (χ1v) is 7.34. The van der Waals surface area contributed by atoms with Crippen LogP contribution < -0.4 is 5.32 Å². The summed E-state index contributed by atoms with van der Waals surface area (Å²) in [6.07, 6.45) is 1.81. The number of pyridine rings is 1. The fraction of sp³-hybridized carbons (Fsp3) is 0.400. The Morgan fingerprint density at radius 1 is 1.23 bits per heavy atom. The number of piperazine rings is 1. The van der Waals surface area contributed by atoms with Crippen LogP contribution in [0.1, 0.15) is 10.5 Å². The maximum Gasteiger partial charge on any atom is 0.272 e. The van der Waals surface area contributed by atoms with Gasteiger partial charge in [0.15, 0.2) is 0 Å². The second-order valence-corrected chi connectivity index (χ2v) is 5.35. The summed E-state index contributed by atoms with van der Waals surface area (Å²) in [5.74, 6) is -0.0604. The van der Waals surface area contributed by atoms with Crippen LogP contribution in [0.15, 0.2) is 24.4 Å². The fourth-order valence-electron chi connectivity index (χ4n) is 2.60. The smallest absolute Gasteiger partial charge is 0.272 e. The van der Waals surface area contributed by atoms with E-state index >= 15 is 0 Å². The van der Waals surface area contributed by atoms with Gasteiger partial charge in [0.25, 0.3) is 5.91 Å². The van der Waals surface area contributed by atoms with Gasteiger partial charge in [0.05, 0.1) is 6.54 Å². The third-order valence-electron chi connectivity index (χ3n) is 3.93. The van der Waals surface area contributed by atoms with Crippen molar-refractivity contribution in [3.8, 4) is 0 Å². The molecular weight excluding hydrogens is 282 g/mol. The molecule has 116 valence electrons. The van der Waals surface area contributed by atoms with E-state index in [4.69, 9.17) is 0 Å². The quantitative estimate of drug-likeness (QED) is 0.840. The lowest BCUT2D eigenvalue weighted by atomic mass is 10.2. The Labute approximate surface area is 128 Å². The Hall–Kier alpha value is -2.41. The molecule has 3 heterocycles. The van der Waals surface area contributed by atoms with Gasteiger partial charge in [0, 0.05) is 44.8 Å². The highest BCUT2D eigenvalue weighted by Gasteiger charge is 2.23. The van der Waals surface area contributed by atoms with E-state index in [0.717, 1.165) is 11.0 Å². The Bertz CT molecular complexity index is 688. The van der Waals surface area contributed by atoms with Crippen LogP contribution in [0.3, 0.4) is 0 Å². The predicted molar refractivity (Wildman–Crippen MR) is 82.5 cm³/mol. The molecule has 1 fully saturated rings. The number of aromatic nitrogens is 2. The van der Waals surface area contributed by atoms with Crippen molar-refractivity contribution in [2.24, 2.45) is 0 Å². The molecule has 7 heteroatoms. The third kappa shape index (κ3) is 2.94. The normalized spacial score (nSPS) is 16.0. The van der Waals surface area contributed by atoms with Crippen molar-refractivity contribution >= 4 is 22.8 Å². The average molecular weight is 301 g/mol. The molecule has 22 heavy (non-hydrogen) atoms. The van der Waals surface area contributed by atoms with Gasteiger partial charge in [0.2, 0.25) is 5.91 Å². The van der Waals surface area contributed by atoms with Gasteiger partial charge in [-0.2, -0.15) is 0 Å². The summed E-state index contributed by atoms with van der Waals surface area (Å²) in [4.78, 5) is 35.1. The van der Waals surface area contributed by atoms with E-state index in [0.29, 0.717) is 38.4 Å². The fourth-order valence-corrected chi connectivity index (χ4v) is 2.60. The highest BCUT2D eigenvalue weighted by atomic mass is 16.2. The van der Waals surface area contributed by atoms with E-state index in [1.54, 1.807) is 18.0 Å². The van der Waals surface area contributed by atoms with Crippen molar-refractivity contribution < 1.29 is 9.59 Å². The minimum atomic E-state index is -0.0592. The number of rotatable bonds is 3. The van der Waals surface area contributed by atoms with Crippen molar-refractivity contribution in [1.29, 1.82) is 0 Å². The second-order valence-electron chi connectivity index (χ2n) is 5.35. The lowest BCUT2D eigenvalue weighted by Crippen LogP contribution is -2.51. The van der Waals surface area contributed by atoms with Crippen LogP contribution in [-0.2, 0) is 4.79 Å². The van der Waals surface area contributed by atoms with E-state index in [9.17, 15) is 9.59 Å². The van der Waals surface area contributed by atoms with E-state index in [-0.39, 0.29) is 11.8 Å². The number of amides is 2. The minimum absolute atomic E-state index is 0.00126. The molecule has 1 saturated heterocycles. The van der Waals surface area contributed by atoms with Crippen molar-refractivity contribution in [2.75, 3.05) is 39.8 Å². The molecule has 0 spiro atoms. The van der Waals surface area contributed by atoms with Gasteiger partial charge in [0.1, 0.15) is 11.3 Å². The molecule has 2 aromatic heterocycles. The molecule has 0 radical (unpaired) electrons. The zero-order valence-corrected chi connectivity index (χ0v) is 12.5. The van der Waals surface area contributed by atoms with E-state index < -0.39 is 0 Å². The zero-order chi connectivity index (χ0) is 15.5. The van der Waals surface area contributed by atoms with Gasteiger partial charge in [-0.15, -0.1) is 0 Å². The molecule has 0 aliphatic carbocycles. The second kappa shape index (κ2) is 6.15. The molecule has 7 nitrogen and oxygen atoms in total. The standard InChI is InChI=1S/C15H19N5O2/c1-16-13(21)10-19-6-8-20(9-7-19)15(22)12-3-2-11-4-5-17-14(11)18-12/h2-5H,6-10H2,1H3,(H,16,21)(H,17,18). The predicted octanol–water partition coefficient (Wildman–Crippen LogP) is 0.0667. The summed E-state index contributed by atoms with van der Waals surface area (Å²) < 4.78 is 0. The van der Waals surface area contributed by atoms with E-state index in [1.807, 2.05) is 23.2 Å². The number of carbonyl (C=O) groups is 2. The Morgan fingerprint density at radius 3 is 2.73 bits per heavy atom. The van der Waals surface area contributed by atoms with Gasteiger partial charge >= 0.3 is 0 Å². The largest absolute Gasteiger partial charge is 0.358 e. The summed E-state index contributed by atoms with van der Waals surface area (Å²) in [6, 6.07) is 5.58. The highest BCUT2D eigenvalue weighted by Crippen LogP contribution is 2.13. The molecule has 0 saturated carbocycles. The molecule has 2 aromatic rings. The van der Waals surface area contributed by atoms with Gasteiger partial charge in [-0.05, 0) is 18.2 Å². The van der Waals surface area contributed by atoms with Crippen LogP contribution >= 0.6 is 0 Å². The lowest BCUT2D eigenvalue weighted by molar-refractivity contribution is -0.122. The molecule has 0 atom stereocenters. The van der Waals surface area contributed by atoms with Crippen LogP contribution in [0.4, 0.5) is 0 Å². The van der Waals surface area contributed by atoms with Gasteiger partial charge < -0.3 is 15.2 Å². The van der Waals surface area contributed by atoms with Crippen LogP contribution in [-0.4, -0.2) is 71.4 Å². The SMILES string of the molecule is CNC(=O)CN1CCN(C(=O)c2ccc3cc[nH]c3n2)CC1. The van der Waals surface area contributed by atoms with Gasteiger partial charge in [-0.1, -0.05) is 0 Å². The third-order valence-corrected chi connectivity index (χ3v) is 3.93. The number of fused-ring (bicyclic) bond motifs is 1. The molecule has 2 N–H and O–H groups in total. The van der Waals surface area contributed by atoms with E-state index in [2.05, 4.69) is 15.3 Å². The Kier molecular flexibility index (Phi) is 4.06. The first kappa shape index (κ1) is 14.5. The number of hydrogen-bond acceptors (Lipinski definition) is 4. The topological polar surface area (TPSA) is 81.3 Å². The lowest BCUT2D eigenvalue weighted by Gasteiger charge is -2.34. The summed E-state index contributed by atoms with van der Waals surface area (Å²) in [5.41, 5.74) is 1.18. The van der Waals surface area contributed by atoms with Gasteiger partial charge in [-0.3, -0.25) is 14.5 Å². The van der Waals surface area contributed by atoms with Crippen molar-refractivity contribution in [3.63, 3.8) is 0 Å². The van der Waals surface area contributed by atoms with Gasteiger partial charge in [-0.25, -0.2) is 4.98 Å². The minimum Gasteiger partial charge on any atom is -0.358 e. The number of H-pyrrole nitrogens is 1. The maximum atomic E-state index is 12.5. The first-order valence-electron chi connectivity index (χ1n) is 7.34. The molecule has 2 amide bonds. The number of likely N-dealkylation sites (N-methyl/N-ethyl adjacent to an activating group) is 1. The van der Waals surface area contributed by atoms with E-state index in [1.165, 1.54) is 0 Å². The van der Waals surface area contributed by atoms with Crippen LogP contribution in [0.5, 0.6) is 0 Å². The molecule has 0 bridgehead atoms. The molecule has 0 aromatic carbocycles. The van der Waals surface area contributed by atoms with Crippen molar-refractivity contribution in [1.82, 2.24) is 25.1 Å². The first-order chi connectivity index (χ1) is 10.7. The number of nitrogens with zero attached hydrogens (tertiary/aromatic N) is 3. The highest BCUT2D eigenvalue weighted by molar-refractivity contribution is 5.94. The van der Waals surface area contributed by atoms with Crippen molar-refractivity contribution in [2.45, 2.75) is 0 Å². The molecular formula is C15H19N5O2. The molecule has 1 aliphatic heterocycles. The Morgan fingerprint density at radius 2 is 2.00 bits per heavy atom. The average Bonchev–Trinajstić information content (AvgIpc) is 3.02.